The van der Waals surface area contributed by atoms with Crippen molar-refractivity contribution in [2.75, 3.05) is 20.0 Å². The number of methoxy groups -OCH3 is 2. The quantitative estimate of drug-likeness (QED) is 0.623. The van der Waals surface area contributed by atoms with Crippen molar-refractivity contribution in [3.05, 3.63) is 23.8 Å². The van der Waals surface area contributed by atoms with Gasteiger partial charge >= 0.3 is 5.97 Å². The van der Waals surface area contributed by atoms with Crippen LogP contribution in [0.2, 0.25) is 0 Å². The topological polar surface area (TPSA) is 61.5 Å². The van der Waals surface area contributed by atoms with Crippen LogP contribution in [0.3, 0.4) is 0 Å². The zero-order chi connectivity index (χ0) is 13.5. The van der Waals surface area contributed by atoms with E-state index in [1.54, 1.807) is 13.2 Å². The van der Waals surface area contributed by atoms with Crippen molar-refractivity contribution in [1.82, 2.24) is 0 Å². The highest BCUT2D eigenvalue weighted by atomic mass is 16.5. The number of carbonyl (C=O) groups excluding carboxylic acids is 1. The summed E-state index contributed by atoms with van der Waals surface area (Å²) < 4.78 is 10.0. The van der Waals surface area contributed by atoms with E-state index in [0.29, 0.717) is 11.4 Å². The zero-order valence-corrected chi connectivity index (χ0v) is 11.2. The molecule has 0 aliphatic rings. The molecule has 1 atom stereocenters. The number of para-hydroxylation sites is 1. The van der Waals surface area contributed by atoms with Crippen LogP contribution in [-0.2, 0) is 9.53 Å². The summed E-state index contributed by atoms with van der Waals surface area (Å²) in [6.45, 7) is 2.09. The third kappa shape index (κ3) is 3.15. The number of ether oxygens (including phenoxy) is 2. The van der Waals surface area contributed by atoms with Crippen LogP contribution in [0.1, 0.15) is 37.7 Å². The summed E-state index contributed by atoms with van der Waals surface area (Å²) in [6.07, 6.45) is 2.72. The van der Waals surface area contributed by atoms with Crippen LogP contribution in [0.5, 0.6) is 5.75 Å². The summed E-state index contributed by atoms with van der Waals surface area (Å²) in [5, 5.41) is 0. The molecule has 0 saturated heterocycles. The highest BCUT2D eigenvalue weighted by Crippen LogP contribution is 2.33. The van der Waals surface area contributed by atoms with E-state index in [0.717, 1.165) is 24.8 Å². The van der Waals surface area contributed by atoms with E-state index in [1.165, 1.54) is 7.11 Å². The third-order valence-electron chi connectivity index (χ3n) is 3.03. The fourth-order valence-electron chi connectivity index (χ4n) is 1.99. The largest absolute Gasteiger partial charge is 0.495 e. The molecule has 2 N–H and O–H groups in total. The number of carbonyl (C=O) groups is 1. The summed E-state index contributed by atoms with van der Waals surface area (Å²) in [5.74, 6) is 0.0337. The molecule has 0 aliphatic carbocycles. The van der Waals surface area contributed by atoms with E-state index >= 15 is 0 Å². The van der Waals surface area contributed by atoms with Gasteiger partial charge in [0.15, 0.2) is 0 Å². The van der Waals surface area contributed by atoms with Crippen LogP contribution < -0.4 is 10.5 Å². The number of nitrogens with two attached hydrogens (primary N) is 1. The molecule has 4 nitrogen and oxygen atoms in total. The number of hydrogen-bond donors (Lipinski definition) is 1. The van der Waals surface area contributed by atoms with Gasteiger partial charge in [-0.15, -0.1) is 0 Å². The third-order valence-corrected chi connectivity index (χ3v) is 3.03. The first-order valence-electron chi connectivity index (χ1n) is 6.15. The summed E-state index contributed by atoms with van der Waals surface area (Å²) in [7, 11) is 2.96. The first kappa shape index (κ1) is 14.4. The van der Waals surface area contributed by atoms with Crippen molar-refractivity contribution in [3.8, 4) is 5.75 Å². The van der Waals surface area contributed by atoms with Crippen LogP contribution in [-0.4, -0.2) is 20.2 Å². The normalized spacial score (nSPS) is 11.9. The Morgan fingerprint density at radius 1 is 1.39 bits per heavy atom. The molecule has 0 saturated carbocycles. The lowest BCUT2D eigenvalue weighted by atomic mass is 9.92. The lowest BCUT2D eigenvalue weighted by molar-refractivity contribution is -0.142. The second kappa shape index (κ2) is 6.89. The predicted octanol–water partition coefficient (Wildman–Crippen LogP) is 2.72. The van der Waals surface area contributed by atoms with E-state index < -0.39 is 0 Å². The second-order valence-corrected chi connectivity index (χ2v) is 4.18. The van der Waals surface area contributed by atoms with Gasteiger partial charge in [-0.2, -0.15) is 0 Å². The minimum atomic E-state index is -0.315. The Morgan fingerprint density at radius 3 is 2.67 bits per heavy atom. The van der Waals surface area contributed by atoms with Gasteiger partial charge in [0, 0.05) is 0 Å². The second-order valence-electron chi connectivity index (χ2n) is 4.18. The molecule has 4 heteroatoms. The monoisotopic (exact) mass is 251 g/mol. The minimum Gasteiger partial charge on any atom is -0.495 e. The minimum absolute atomic E-state index is 0.247. The molecule has 0 spiro atoms. The fraction of sp³-hybridized carbons (Fsp3) is 0.500. The van der Waals surface area contributed by atoms with Crippen LogP contribution in [0.4, 0.5) is 5.69 Å². The molecule has 0 bridgehead atoms. The molecular weight excluding hydrogens is 230 g/mol. The number of benzene rings is 1. The van der Waals surface area contributed by atoms with E-state index in [1.807, 2.05) is 12.1 Å². The number of unbranched alkanes of at least 4 members (excludes halogenated alkanes) is 1. The number of hydrogen-bond acceptors (Lipinski definition) is 4. The molecule has 1 rings (SSSR count). The molecule has 0 aromatic heterocycles. The molecule has 1 aromatic rings. The van der Waals surface area contributed by atoms with Gasteiger partial charge < -0.3 is 15.2 Å². The van der Waals surface area contributed by atoms with E-state index in [9.17, 15) is 4.79 Å². The summed E-state index contributed by atoms with van der Waals surface area (Å²) in [5.41, 5.74) is 7.33. The molecule has 0 heterocycles. The molecule has 1 unspecified atom stereocenters. The maximum Gasteiger partial charge on any atom is 0.313 e. The maximum atomic E-state index is 11.9. The van der Waals surface area contributed by atoms with Gasteiger partial charge in [-0.05, 0) is 18.1 Å². The highest BCUT2D eigenvalue weighted by Gasteiger charge is 2.24. The lowest BCUT2D eigenvalue weighted by Crippen LogP contribution is -2.16. The van der Waals surface area contributed by atoms with Crippen molar-refractivity contribution in [2.45, 2.75) is 32.1 Å². The average molecular weight is 251 g/mol. The molecule has 18 heavy (non-hydrogen) atoms. The van der Waals surface area contributed by atoms with E-state index in [4.69, 9.17) is 15.2 Å². The zero-order valence-electron chi connectivity index (χ0n) is 11.2. The molecule has 0 radical (unpaired) electrons. The number of rotatable bonds is 6. The Morgan fingerprint density at radius 2 is 2.11 bits per heavy atom. The number of nitrogen functional groups attached to an aromatic ring is 1. The van der Waals surface area contributed by atoms with Crippen molar-refractivity contribution >= 4 is 11.7 Å². The van der Waals surface area contributed by atoms with Crippen molar-refractivity contribution in [1.29, 1.82) is 0 Å². The Hall–Kier alpha value is -1.71. The smallest absolute Gasteiger partial charge is 0.313 e. The van der Waals surface area contributed by atoms with Crippen molar-refractivity contribution in [3.63, 3.8) is 0 Å². The fourth-order valence-corrected chi connectivity index (χ4v) is 1.99. The standard InChI is InChI=1S/C14H21NO3/c1-4-5-7-11(14(16)18-3)10-8-6-9-12(17-2)13(10)15/h6,8-9,11H,4-5,7,15H2,1-3H3. The van der Waals surface area contributed by atoms with Gasteiger partial charge in [-0.1, -0.05) is 31.9 Å². The molecule has 100 valence electrons. The molecule has 0 fully saturated rings. The Bertz CT molecular complexity index is 404. The van der Waals surface area contributed by atoms with Crippen LogP contribution in [0.15, 0.2) is 18.2 Å². The molecule has 0 amide bonds. The van der Waals surface area contributed by atoms with Gasteiger partial charge in [-0.3, -0.25) is 4.79 Å². The predicted molar refractivity (Wildman–Crippen MR) is 71.7 cm³/mol. The van der Waals surface area contributed by atoms with Gasteiger partial charge in [0.25, 0.3) is 0 Å². The Balaban J connectivity index is 3.08. The van der Waals surface area contributed by atoms with E-state index in [2.05, 4.69) is 6.92 Å². The van der Waals surface area contributed by atoms with E-state index in [-0.39, 0.29) is 11.9 Å². The number of esters is 1. The van der Waals surface area contributed by atoms with Gasteiger partial charge in [0.1, 0.15) is 5.75 Å². The van der Waals surface area contributed by atoms with Gasteiger partial charge in [0.05, 0.1) is 25.8 Å². The lowest BCUT2D eigenvalue weighted by Gasteiger charge is -2.18. The first-order valence-corrected chi connectivity index (χ1v) is 6.15. The summed E-state index contributed by atoms with van der Waals surface area (Å²) in [4.78, 5) is 11.9. The summed E-state index contributed by atoms with van der Waals surface area (Å²) >= 11 is 0. The highest BCUT2D eigenvalue weighted by molar-refractivity contribution is 5.81. The van der Waals surface area contributed by atoms with Gasteiger partial charge in [0.2, 0.25) is 0 Å². The van der Waals surface area contributed by atoms with Crippen LogP contribution in [0.25, 0.3) is 0 Å². The van der Waals surface area contributed by atoms with Gasteiger partial charge in [-0.25, -0.2) is 0 Å². The number of anilines is 1. The average Bonchev–Trinajstić information content (AvgIpc) is 2.40. The SMILES string of the molecule is CCCCC(C(=O)OC)c1cccc(OC)c1N. The Labute approximate surface area is 108 Å². The van der Waals surface area contributed by atoms with Crippen LogP contribution in [0, 0.1) is 0 Å². The first-order chi connectivity index (χ1) is 8.65. The van der Waals surface area contributed by atoms with Crippen molar-refractivity contribution < 1.29 is 14.3 Å². The van der Waals surface area contributed by atoms with Crippen LogP contribution >= 0.6 is 0 Å². The maximum absolute atomic E-state index is 11.9. The molecular formula is C14H21NO3. The molecule has 1 aromatic carbocycles. The Kier molecular flexibility index (Phi) is 5.49. The summed E-state index contributed by atoms with van der Waals surface area (Å²) in [6, 6.07) is 5.48. The van der Waals surface area contributed by atoms with Crippen molar-refractivity contribution in [2.24, 2.45) is 0 Å². The molecule has 0 aliphatic heterocycles.